The van der Waals surface area contributed by atoms with Crippen LogP contribution < -0.4 is 5.43 Å². The van der Waals surface area contributed by atoms with Gasteiger partial charge in [0, 0.05) is 12.1 Å². The molecule has 0 spiro atoms. The Balaban J connectivity index is 2.02. The molecule has 1 aromatic carbocycles. The highest BCUT2D eigenvalue weighted by atomic mass is 16.1. The summed E-state index contributed by atoms with van der Waals surface area (Å²) in [6.45, 7) is 2.97. The van der Waals surface area contributed by atoms with Gasteiger partial charge in [0.15, 0.2) is 5.78 Å². The van der Waals surface area contributed by atoms with E-state index in [0.717, 1.165) is 12.8 Å². The van der Waals surface area contributed by atoms with Crippen LogP contribution in [-0.4, -0.2) is 36.2 Å². The van der Waals surface area contributed by atoms with Gasteiger partial charge >= 0.3 is 0 Å². The Kier molecular flexibility index (Phi) is 3.66. The van der Waals surface area contributed by atoms with E-state index in [0.29, 0.717) is 5.56 Å². The molecule has 4 nitrogen and oxygen atoms in total. The van der Waals surface area contributed by atoms with Gasteiger partial charge in [0.2, 0.25) is 0 Å². The number of nitrogens with one attached hydrogen (secondary N) is 1. The zero-order valence-corrected chi connectivity index (χ0v) is 9.80. The number of aldehydes is 1. The van der Waals surface area contributed by atoms with E-state index in [1.807, 2.05) is 25.1 Å². The summed E-state index contributed by atoms with van der Waals surface area (Å²) in [5, 5.41) is 1.73. The topological polar surface area (TPSA) is 49.4 Å². The van der Waals surface area contributed by atoms with Crippen molar-refractivity contribution in [3.63, 3.8) is 0 Å². The number of carbonyl (C=O) groups is 2. The second-order valence-electron chi connectivity index (χ2n) is 4.38. The Hall–Kier alpha value is -1.52. The number of benzene rings is 1. The molecular formula is C13H16N2O2. The second-order valence-corrected chi connectivity index (χ2v) is 4.38. The molecule has 4 heteroatoms. The molecule has 0 aromatic heterocycles. The number of Topliss-reactive ketones (excluding diaryl/α,β-unsaturated/α-hetero) is 1. The lowest BCUT2D eigenvalue weighted by Crippen LogP contribution is -2.42. The summed E-state index contributed by atoms with van der Waals surface area (Å²) in [6.07, 6.45) is 0.906. The lowest BCUT2D eigenvalue weighted by Gasteiger charge is -2.20. The fourth-order valence-electron chi connectivity index (χ4n) is 2.03. The molecule has 0 saturated carbocycles. The Morgan fingerprint density at radius 2 is 2.18 bits per heavy atom. The quantitative estimate of drug-likeness (QED) is 0.619. The summed E-state index contributed by atoms with van der Waals surface area (Å²) in [5.41, 5.74) is 3.77. The summed E-state index contributed by atoms with van der Waals surface area (Å²) >= 11 is 0. The number of rotatable bonds is 4. The molecule has 90 valence electrons. The molecule has 1 aliphatic heterocycles. The molecule has 1 heterocycles. The molecule has 0 amide bonds. The van der Waals surface area contributed by atoms with Crippen LogP contribution in [0.5, 0.6) is 0 Å². The average Bonchev–Trinajstić information content (AvgIpc) is 2.71. The molecule has 2 unspecified atom stereocenters. The van der Waals surface area contributed by atoms with Crippen LogP contribution >= 0.6 is 0 Å². The lowest BCUT2D eigenvalue weighted by molar-refractivity contribution is -0.112. The summed E-state index contributed by atoms with van der Waals surface area (Å²) in [5.74, 6) is 0.273. The van der Waals surface area contributed by atoms with Gasteiger partial charge in [0.25, 0.3) is 0 Å². The SMILES string of the molecule is CC1CNN(CC(=O)c2ccccc2)C1C=O. The van der Waals surface area contributed by atoms with Gasteiger partial charge in [-0.2, -0.15) is 0 Å². The van der Waals surface area contributed by atoms with E-state index in [4.69, 9.17) is 0 Å². The van der Waals surface area contributed by atoms with Crippen LogP contribution in [0.15, 0.2) is 30.3 Å². The van der Waals surface area contributed by atoms with Crippen molar-refractivity contribution in [2.75, 3.05) is 13.1 Å². The Bertz CT molecular complexity index is 405. The molecule has 1 fully saturated rings. The molecule has 1 aromatic rings. The fraction of sp³-hybridized carbons (Fsp3) is 0.385. The predicted octanol–water partition coefficient (Wildman–Crippen LogP) is 0.893. The van der Waals surface area contributed by atoms with Gasteiger partial charge < -0.3 is 4.79 Å². The first-order chi connectivity index (χ1) is 8.22. The van der Waals surface area contributed by atoms with E-state index in [1.54, 1.807) is 17.1 Å². The van der Waals surface area contributed by atoms with Crippen molar-refractivity contribution in [3.8, 4) is 0 Å². The monoisotopic (exact) mass is 232 g/mol. The maximum absolute atomic E-state index is 12.0. The van der Waals surface area contributed by atoms with Crippen LogP contribution in [0.1, 0.15) is 17.3 Å². The van der Waals surface area contributed by atoms with Crippen molar-refractivity contribution >= 4 is 12.1 Å². The van der Waals surface area contributed by atoms with Gasteiger partial charge in [0.05, 0.1) is 12.6 Å². The normalized spacial score (nSPS) is 24.8. The maximum Gasteiger partial charge on any atom is 0.178 e. The maximum atomic E-state index is 12.0. The van der Waals surface area contributed by atoms with E-state index < -0.39 is 0 Å². The van der Waals surface area contributed by atoms with Crippen molar-refractivity contribution in [1.82, 2.24) is 10.4 Å². The Labute approximate surface area is 101 Å². The minimum Gasteiger partial charge on any atom is -0.302 e. The molecule has 17 heavy (non-hydrogen) atoms. The number of ketones is 1. The van der Waals surface area contributed by atoms with Crippen molar-refractivity contribution in [2.45, 2.75) is 13.0 Å². The van der Waals surface area contributed by atoms with Crippen LogP contribution in [0.2, 0.25) is 0 Å². The molecule has 0 bridgehead atoms. The number of hydrazine groups is 1. The van der Waals surface area contributed by atoms with E-state index in [-0.39, 0.29) is 24.3 Å². The molecule has 2 rings (SSSR count). The van der Waals surface area contributed by atoms with Crippen LogP contribution in [0.3, 0.4) is 0 Å². The first-order valence-corrected chi connectivity index (χ1v) is 5.76. The summed E-state index contributed by atoms with van der Waals surface area (Å²) in [7, 11) is 0. The molecule has 1 aliphatic rings. The largest absolute Gasteiger partial charge is 0.302 e. The number of hydrogen-bond donors (Lipinski definition) is 1. The molecular weight excluding hydrogens is 216 g/mol. The molecule has 1 N–H and O–H groups in total. The minimum absolute atomic E-state index is 0.0269. The van der Waals surface area contributed by atoms with Gasteiger partial charge in [-0.05, 0) is 5.92 Å². The van der Waals surface area contributed by atoms with Crippen molar-refractivity contribution in [3.05, 3.63) is 35.9 Å². The third-order valence-electron chi connectivity index (χ3n) is 3.11. The third kappa shape index (κ3) is 2.60. The number of nitrogens with zero attached hydrogens (tertiary/aromatic N) is 1. The smallest absolute Gasteiger partial charge is 0.178 e. The van der Waals surface area contributed by atoms with Crippen molar-refractivity contribution < 1.29 is 9.59 Å². The zero-order valence-electron chi connectivity index (χ0n) is 9.80. The highest BCUT2D eigenvalue weighted by Crippen LogP contribution is 2.14. The van der Waals surface area contributed by atoms with Crippen molar-refractivity contribution in [2.24, 2.45) is 5.92 Å². The van der Waals surface area contributed by atoms with Gasteiger partial charge in [-0.25, -0.2) is 5.01 Å². The average molecular weight is 232 g/mol. The highest BCUT2D eigenvalue weighted by Gasteiger charge is 2.31. The van der Waals surface area contributed by atoms with Crippen LogP contribution in [-0.2, 0) is 4.79 Å². The zero-order chi connectivity index (χ0) is 12.3. The van der Waals surface area contributed by atoms with Crippen LogP contribution in [0.25, 0.3) is 0 Å². The molecule has 2 atom stereocenters. The third-order valence-corrected chi connectivity index (χ3v) is 3.11. The Morgan fingerprint density at radius 1 is 1.47 bits per heavy atom. The van der Waals surface area contributed by atoms with Crippen LogP contribution in [0.4, 0.5) is 0 Å². The summed E-state index contributed by atoms with van der Waals surface area (Å²) < 4.78 is 0. The highest BCUT2D eigenvalue weighted by molar-refractivity contribution is 5.97. The van der Waals surface area contributed by atoms with Gasteiger partial charge in [-0.15, -0.1) is 0 Å². The minimum atomic E-state index is -0.206. The molecule has 0 aliphatic carbocycles. The molecule has 1 saturated heterocycles. The van der Waals surface area contributed by atoms with E-state index in [1.165, 1.54) is 0 Å². The van der Waals surface area contributed by atoms with Gasteiger partial charge in [0.1, 0.15) is 6.29 Å². The number of hydrogen-bond acceptors (Lipinski definition) is 4. The van der Waals surface area contributed by atoms with Crippen LogP contribution in [0, 0.1) is 5.92 Å². The first-order valence-electron chi connectivity index (χ1n) is 5.76. The van der Waals surface area contributed by atoms with E-state index in [2.05, 4.69) is 5.43 Å². The second kappa shape index (κ2) is 5.21. The number of carbonyl (C=O) groups excluding carboxylic acids is 2. The van der Waals surface area contributed by atoms with Crippen molar-refractivity contribution in [1.29, 1.82) is 0 Å². The lowest BCUT2D eigenvalue weighted by atomic mass is 10.1. The van der Waals surface area contributed by atoms with E-state index >= 15 is 0 Å². The van der Waals surface area contributed by atoms with E-state index in [9.17, 15) is 9.59 Å². The molecule has 0 radical (unpaired) electrons. The summed E-state index contributed by atoms with van der Waals surface area (Å²) in [4.78, 5) is 22.9. The fourth-order valence-corrected chi connectivity index (χ4v) is 2.03. The predicted molar refractivity (Wildman–Crippen MR) is 64.5 cm³/mol. The Morgan fingerprint density at radius 3 is 2.82 bits per heavy atom. The van der Waals surface area contributed by atoms with Gasteiger partial charge in [-0.1, -0.05) is 37.3 Å². The first kappa shape index (κ1) is 12.0. The summed E-state index contributed by atoms with van der Waals surface area (Å²) in [6, 6.07) is 8.92. The standard InChI is InChI=1S/C13H16N2O2/c1-10-7-14-15(12(10)9-16)8-13(17)11-5-3-2-4-6-11/h2-6,9-10,12,14H,7-8H2,1H3. The van der Waals surface area contributed by atoms with Gasteiger partial charge in [-0.3, -0.25) is 10.2 Å².